The maximum atomic E-state index is 6.33. The second-order valence-electron chi connectivity index (χ2n) is 13.4. The maximum Gasteiger partial charge on any atom is 0.335 e. The molecular weight excluding hydrogens is 406 g/mol. The van der Waals surface area contributed by atoms with Gasteiger partial charge in [0.05, 0.1) is 22.2 Å². The fourth-order valence-electron chi connectivity index (χ4n) is 3.46. The van der Waals surface area contributed by atoms with Gasteiger partial charge in [0.2, 0.25) is 0 Å². The van der Waals surface area contributed by atoms with Crippen molar-refractivity contribution in [2.75, 3.05) is 0 Å². The summed E-state index contributed by atoms with van der Waals surface area (Å²) in [5, 5.41) is 0. The molecule has 33 heavy (non-hydrogen) atoms. The molecule has 0 fully saturated rings. The molecule has 1 aromatic heterocycles. The number of allylic oxidation sites excluding steroid dienone is 7. The SMILES string of the molecule is CC(C)(C)C1=CC(=C2C=CC(c3cc(C(C)(C)C)[o+]c(C(C)(C)C)c3)=N2)C=C(C(C)(C)C)O1. The minimum atomic E-state index is -0.0877. The van der Waals surface area contributed by atoms with Gasteiger partial charge < -0.3 is 4.74 Å². The van der Waals surface area contributed by atoms with Crippen molar-refractivity contribution in [3.8, 4) is 0 Å². The first kappa shape index (κ1) is 25.2. The van der Waals surface area contributed by atoms with Gasteiger partial charge in [-0.1, -0.05) is 41.5 Å². The van der Waals surface area contributed by atoms with E-state index in [9.17, 15) is 0 Å². The van der Waals surface area contributed by atoms with Crippen LogP contribution in [0, 0.1) is 10.8 Å². The summed E-state index contributed by atoms with van der Waals surface area (Å²) < 4.78 is 12.7. The minimum absolute atomic E-state index is 0.0877. The zero-order chi connectivity index (χ0) is 25.0. The standard InChI is InChI=1S/C30H42NO2/c1-27(2,3)23-15-19(16-24(32-23)28(4,5)6)21-13-14-22(31-21)20-17-25(29(7,8)9)33-26(18-20)30(10,11)12/h13-18H,1-12H3/q+1. The van der Waals surface area contributed by atoms with Crippen LogP contribution >= 0.6 is 0 Å². The molecule has 2 aliphatic rings. The molecule has 0 aromatic carbocycles. The molecule has 2 aliphatic heterocycles. The number of ether oxygens (including phenoxy) is 1. The topological polar surface area (TPSA) is 32.9 Å². The molecule has 3 heteroatoms. The smallest absolute Gasteiger partial charge is 0.335 e. The van der Waals surface area contributed by atoms with Crippen LogP contribution in [0.5, 0.6) is 0 Å². The number of aliphatic imine (C=N–C) groups is 1. The Balaban J connectivity index is 2.15. The number of hydrogen-bond acceptors (Lipinski definition) is 2. The van der Waals surface area contributed by atoms with Gasteiger partial charge in [0.1, 0.15) is 11.5 Å². The van der Waals surface area contributed by atoms with Crippen molar-refractivity contribution in [1.29, 1.82) is 0 Å². The van der Waals surface area contributed by atoms with E-state index >= 15 is 0 Å². The molecule has 0 saturated carbocycles. The van der Waals surface area contributed by atoms with E-state index in [0.29, 0.717) is 0 Å². The van der Waals surface area contributed by atoms with Crippen LogP contribution in [-0.2, 0) is 15.6 Å². The predicted octanol–water partition coefficient (Wildman–Crippen LogP) is 8.66. The molecule has 0 unspecified atom stereocenters. The Labute approximate surface area is 201 Å². The zero-order valence-electron chi connectivity index (χ0n) is 22.7. The molecule has 178 valence electrons. The van der Waals surface area contributed by atoms with Crippen LogP contribution in [0.3, 0.4) is 0 Å². The first-order valence-electron chi connectivity index (χ1n) is 12.0. The van der Waals surface area contributed by atoms with E-state index in [1.54, 1.807) is 0 Å². The maximum absolute atomic E-state index is 6.33. The fraction of sp³-hybridized carbons (Fsp3) is 0.533. The molecule has 1 aromatic rings. The summed E-state index contributed by atoms with van der Waals surface area (Å²) in [4.78, 5) is 5.06. The summed E-state index contributed by atoms with van der Waals surface area (Å²) in [6.45, 7) is 26.2. The molecule has 0 saturated heterocycles. The Morgan fingerprint density at radius 2 is 1.09 bits per heavy atom. The summed E-state index contributed by atoms with van der Waals surface area (Å²) in [7, 11) is 0. The van der Waals surface area contributed by atoms with E-state index in [2.05, 4.69) is 120 Å². The van der Waals surface area contributed by atoms with Gasteiger partial charge >= 0.3 is 11.5 Å². The molecule has 0 bridgehead atoms. The second-order valence-corrected chi connectivity index (χ2v) is 13.4. The van der Waals surface area contributed by atoms with Crippen molar-refractivity contribution in [1.82, 2.24) is 0 Å². The highest BCUT2D eigenvalue weighted by Crippen LogP contribution is 2.40. The molecule has 0 radical (unpaired) electrons. The van der Waals surface area contributed by atoms with E-state index in [-0.39, 0.29) is 21.7 Å². The summed E-state index contributed by atoms with van der Waals surface area (Å²) >= 11 is 0. The van der Waals surface area contributed by atoms with Crippen molar-refractivity contribution in [3.63, 3.8) is 0 Å². The highest BCUT2D eigenvalue weighted by Gasteiger charge is 2.35. The summed E-state index contributed by atoms with van der Waals surface area (Å²) in [6.07, 6.45) is 8.51. The zero-order valence-corrected chi connectivity index (χ0v) is 22.7. The molecule has 0 aliphatic carbocycles. The van der Waals surface area contributed by atoms with Crippen LogP contribution in [0.2, 0.25) is 0 Å². The third-order valence-electron chi connectivity index (χ3n) is 5.77. The Kier molecular flexibility index (Phi) is 6.20. The highest BCUT2D eigenvalue weighted by atomic mass is 16.5. The Morgan fingerprint density at radius 1 is 0.636 bits per heavy atom. The van der Waals surface area contributed by atoms with Crippen molar-refractivity contribution in [3.05, 3.63) is 76.3 Å². The molecule has 0 atom stereocenters. The first-order valence-corrected chi connectivity index (χ1v) is 12.0. The van der Waals surface area contributed by atoms with E-state index in [1.165, 1.54) is 0 Å². The van der Waals surface area contributed by atoms with Crippen molar-refractivity contribution in [2.45, 2.75) is 93.9 Å². The van der Waals surface area contributed by atoms with E-state index in [4.69, 9.17) is 14.1 Å². The lowest BCUT2D eigenvalue weighted by atomic mass is 9.87. The van der Waals surface area contributed by atoms with Gasteiger partial charge in [-0.25, -0.2) is 9.41 Å². The third kappa shape index (κ3) is 5.75. The molecule has 0 N–H and O–H groups in total. The normalized spacial score (nSPS) is 17.6. The lowest BCUT2D eigenvalue weighted by Gasteiger charge is -2.32. The van der Waals surface area contributed by atoms with Crippen molar-refractivity contribution >= 4 is 5.71 Å². The van der Waals surface area contributed by atoms with Crippen molar-refractivity contribution < 1.29 is 9.15 Å². The van der Waals surface area contributed by atoms with Gasteiger partial charge in [-0.2, -0.15) is 0 Å². The van der Waals surface area contributed by atoms with Crippen LogP contribution in [0.15, 0.2) is 68.6 Å². The van der Waals surface area contributed by atoms with Crippen LogP contribution in [0.25, 0.3) is 0 Å². The van der Waals surface area contributed by atoms with Crippen molar-refractivity contribution in [2.24, 2.45) is 15.8 Å². The highest BCUT2D eigenvalue weighted by molar-refractivity contribution is 6.11. The van der Waals surface area contributed by atoms with Gasteiger partial charge in [-0.3, -0.25) is 0 Å². The number of nitrogens with zero attached hydrogens (tertiary/aromatic N) is 1. The monoisotopic (exact) mass is 448 g/mol. The first-order chi connectivity index (χ1) is 14.9. The molecule has 0 amide bonds. The number of rotatable bonds is 1. The largest absolute Gasteiger partial charge is 0.465 e. The molecular formula is C30H42NO2+. The molecule has 3 heterocycles. The quantitative estimate of drug-likeness (QED) is 0.403. The number of hydrogen-bond donors (Lipinski definition) is 0. The summed E-state index contributed by atoms with van der Waals surface area (Å²) in [5.74, 6) is 3.88. The third-order valence-corrected chi connectivity index (χ3v) is 5.77. The predicted molar refractivity (Wildman–Crippen MR) is 139 cm³/mol. The molecule has 0 spiro atoms. The van der Waals surface area contributed by atoms with Crippen LogP contribution in [0.1, 0.15) is 100 Å². The average molecular weight is 449 g/mol. The van der Waals surface area contributed by atoms with E-state index < -0.39 is 0 Å². The van der Waals surface area contributed by atoms with Gasteiger partial charge in [-0.15, -0.1) is 0 Å². The van der Waals surface area contributed by atoms with Gasteiger partial charge in [-0.05, 0) is 65.8 Å². The van der Waals surface area contributed by atoms with E-state index in [1.807, 2.05) is 0 Å². The van der Waals surface area contributed by atoms with Gasteiger partial charge in [0.15, 0.2) is 0 Å². The average Bonchev–Trinajstić information content (AvgIpc) is 3.15. The second kappa shape index (κ2) is 8.11. The summed E-state index contributed by atoms with van der Waals surface area (Å²) in [6, 6.07) is 4.28. The Morgan fingerprint density at radius 3 is 1.48 bits per heavy atom. The van der Waals surface area contributed by atoms with Gasteiger partial charge in [0.25, 0.3) is 0 Å². The fourth-order valence-corrected chi connectivity index (χ4v) is 3.46. The Hall–Kier alpha value is -2.42. The van der Waals surface area contributed by atoms with E-state index in [0.717, 1.165) is 45.6 Å². The lowest BCUT2D eigenvalue weighted by Crippen LogP contribution is -2.21. The Bertz CT molecular complexity index is 1030. The lowest BCUT2D eigenvalue weighted by molar-refractivity contribution is 0.161. The molecule has 3 nitrogen and oxygen atoms in total. The van der Waals surface area contributed by atoms with Gasteiger partial charge in [0, 0.05) is 34.1 Å². The molecule has 3 rings (SSSR count). The van der Waals surface area contributed by atoms with Crippen LogP contribution in [0.4, 0.5) is 0 Å². The summed E-state index contributed by atoms with van der Waals surface area (Å²) in [5.41, 5.74) is 3.76. The minimum Gasteiger partial charge on any atom is -0.465 e. The van der Waals surface area contributed by atoms with Crippen LogP contribution in [-0.4, -0.2) is 5.71 Å². The van der Waals surface area contributed by atoms with Crippen LogP contribution < -0.4 is 0 Å².